The van der Waals surface area contributed by atoms with Gasteiger partial charge in [0.25, 0.3) is 0 Å². The molecule has 2 heterocycles. The van der Waals surface area contributed by atoms with E-state index in [0.29, 0.717) is 35.4 Å². The van der Waals surface area contributed by atoms with Crippen molar-refractivity contribution in [2.24, 2.45) is 5.92 Å². The summed E-state index contributed by atoms with van der Waals surface area (Å²) in [6.07, 6.45) is 5.47. The zero-order chi connectivity index (χ0) is 22.8. The average Bonchev–Trinajstić information content (AvgIpc) is 3.13. The Bertz CT molecular complexity index is 955. The lowest BCUT2D eigenvalue weighted by molar-refractivity contribution is -0.133. The number of fused-ring (bicyclic) bond motifs is 1. The number of nitrogens with one attached hydrogen (secondary N) is 1. The number of nitrogens with zero attached hydrogens (tertiary/aromatic N) is 4. The quantitative estimate of drug-likeness (QED) is 0.678. The van der Waals surface area contributed by atoms with Gasteiger partial charge in [0.2, 0.25) is 5.91 Å². The number of anilines is 1. The molecular weight excluding hydrogens is 426 g/mol. The number of methoxy groups -OCH3 is 1. The third-order valence-electron chi connectivity index (χ3n) is 7.23. The van der Waals surface area contributed by atoms with Crippen LogP contribution in [0.15, 0.2) is 24.5 Å². The zero-order valence-corrected chi connectivity index (χ0v) is 20.2. The van der Waals surface area contributed by atoms with Crippen LogP contribution in [0.5, 0.6) is 0 Å². The highest BCUT2D eigenvalue weighted by atomic mass is 35.5. The van der Waals surface area contributed by atoms with Crippen LogP contribution in [0, 0.1) is 5.92 Å². The maximum atomic E-state index is 13.4. The molecule has 7 nitrogen and oxygen atoms in total. The second-order valence-corrected chi connectivity index (χ2v) is 9.85. The van der Waals surface area contributed by atoms with Gasteiger partial charge in [0.1, 0.15) is 18.2 Å². The van der Waals surface area contributed by atoms with E-state index in [9.17, 15) is 4.79 Å². The summed E-state index contributed by atoms with van der Waals surface area (Å²) < 4.78 is 5.58. The number of benzene rings is 1. The molecule has 2 aromatic rings. The van der Waals surface area contributed by atoms with Gasteiger partial charge in [-0.15, -0.1) is 0 Å². The van der Waals surface area contributed by atoms with E-state index in [4.69, 9.17) is 16.3 Å². The van der Waals surface area contributed by atoms with Crippen molar-refractivity contribution in [3.8, 4) is 0 Å². The van der Waals surface area contributed by atoms with Gasteiger partial charge in [0.05, 0.1) is 12.1 Å². The summed E-state index contributed by atoms with van der Waals surface area (Å²) in [7, 11) is 3.97. The third-order valence-corrected chi connectivity index (χ3v) is 7.47. The highest BCUT2D eigenvalue weighted by Gasteiger charge is 2.42. The molecule has 1 aliphatic carbocycles. The number of rotatable bonds is 7. The van der Waals surface area contributed by atoms with E-state index in [1.165, 1.54) is 6.33 Å². The van der Waals surface area contributed by atoms with Crippen LogP contribution in [0.3, 0.4) is 0 Å². The Labute approximate surface area is 195 Å². The van der Waals surface area contributed by atoms with Crippen molar-refractivity contribution >= 4 is 34.2 Å². The maximum Gasteiger partial charge on any atom is 0.245 e. The number of hydrogen-bond donors (Lipinski definition) is 1. The molecule has 0 radical (unpaired) electrons. The van der Waals surface area contributed by atoms with Crippen LogP contribution in [-0.4, -0.2) is 77.2 Å². The normalized spacial score (nSPS) is 26.5. The maximum absolute atomic E-state index is 13.4. The van der Waals surface area contributed by atoms with Crippen molar-refractivity contribution in [3.63, 3.8) is 0 Å². The minimum atomic E-state index is -0.286. The summed E-state index contributed by atoms with van der Waals surface area (Å²) in [6.45, 7) is 5.92. The molecule has 1 saturated carbocycles. The third kappa shape index (κ3) is 4.70. The molecule has 2 aliphatic rings. The number of carbonyl (C=O) groups is 1. The summed E-state index contributed by atoms with van der Waals surface area (Å²) in [6, 6.07) is 6.51. The topological polar surface area (TPSA) is 70.6 Å². The molecule has 1 aromatic carbocycles. The fourth-order valence-corrected chi connectivity index (χ4v) is 5.46. The number of ether oxygens (including phenoxy) is 1. The fourth-order valence-electron chi connectivity index (χ4n) is 5.29. The smallest absolute Gasteiger partial charge is 0.245 e. The average molecular weight is 460 g/mol. The minimum Gasteiger partial charge on any atom is -0.384 e. The molecular formula is C24H34ClN5O2. The second kappa shape index (κ2) is 9.89. The van der Waals surface area contributed by atoms with Crippen LogP contribution in [0.2, 0.25) is 5.02 Å². The van der Waals surface area contributed by atoms with Gasteiger partial charge in [-0.1, -0.05) is 11.6 Å². The molecule has 1 aliphatic heterocycles. The number of aromatic nitrogens is 2. The van der Waals surface area contributed by atoms with Crippen LogP contribution in [-0.2, 0) is 9.53 Å². The van der Waals surface area contributed by atoms with Crippen LogP contribution in [0.1, 0.15) is 39.5 Å². The second-order valence-electron chi connectivity index (χ2n) is 9.41. The Morgan fingerprint density at radius 1 is 1.28 bits per heavy atom. The van der Waals surface area contributed by atoms with Gasteiger partial charge < -0.3 is 19.9 Å². The monoisotopic (exact) mass is 459 g/mol. The number of carbonyl (C=O) groups excluding carboxylic acids is 1. The molecule has 1 N–H and O–H groups in total. The molecule has 174 valence electrons. The Morgan fingerprint density at radius 3 is 2.84 bits per heavy atom. The molecule has 0 spiro atoms. The van der Waals surface area contributed by atoms with Gasteiger partial charge in [0.15, 0.2) is 0 Å². The Hall–Kier alpha value is -1.96. The summed E-state index contributed by atoms with van der Waals surface area (Å²) >= 11 is 6.19. The Morgan fingerprint density at radius 2 is 2.09 bits per heavy atom. The zero-order valence-electron chi connectivity index (χ0n) is 19.4. The highest BCUT2D eigenvalue weighted by molar-refractivity contribution is 6.31. The van der Waals surface area contributed by atoms with Crippen molar-refractivity contribution in [1.82, 2.24) is 19.8 Å². The van der Waals surface area contributed by atoms with Crippen molar-refractivity contribution in [3.05, 3.63) is 29.5 Å². The number of likely N-dealkylation sites (tertiary alicyclic amines) is 1. The van der Waals surface area contributed by atoms with Crippen LogP contribution >= 0.6 is 11.6 Å². The van der Waals surface area contributed by atoms with Gasteiger partial charge in [-0.2, -0.15) is 0 Å². The lowest BCUT2D eigenvalue weighted by Gasteiger charge is -2.44. The van der Waals surface area contributed by atoms with Gasteiger partial charge in [-0.3, -0.25) is 4.79 Å². The van der Waals surface area contributed by atoms with Gasteiger partial charge in [0, 0.05) is 48.1 Å². The molecule has 0 bridgehead atoms. The first-order valence-corrected chi connectivity index (χ1v) is 11.9. The van der Waals surface area contributed by atoms with Crippen molar-refractivity contribution < 1.29 is 9.53 Å². The van der Waals surface area contributed by atoms with Gasteiger partial charge >= 0.3 is 0 Å². The molecule has 1 amide bonds. The molecule has 32 heavy (non-hydrogen) atoms. The molecule has 1 saturated heterocycles. The molecule has 8 heteroatoms. The van der Waals surface area contributed by atoms with E-state index < -0.39 is 0 Å². The van der Waals surface area contributed by atoms with Crippen LogP contribution in [0.25, 0.3) is 10.9 Å². The summed E-state index contributed by atoms with van der Waals surface area (Å²) in [4.78, 5) is 26.7. The SMILES string of the molecule is COC[C@@H]1C[C@H](N(C)C(C)C)CC[C@@H]1N1CC[C@H](Nc2ncnc3ccc(Cl)cc23)C1=O. The van der Waals surface area contributed by atoms with Crippen molar-refractivity contribution in [2.75, 3.05) is 32.6 Å². The predicted molar refractivity (Wildman–Crippen MR) is 128 cm³/mol. The van der Waals surface area contributed by atoms with Gasteiger partial charge in [-0.25, -0.2) is 9.97 Å². The highest BCUT2D eigenvalue weighted by Crippen LogP contribution is 2.35. The minimum absolute atomic E-state index is 0.153. The van der Waals surface area contributed by atoms with Crippen LogP contribution in [0.4, 0.5) is 5.82 Å². The van der Waals surface area contributed by atoms with E-state index in [1.54, 1.807) is 7.11 Å². The first kappa shape index (κ1) is 23.2. The molecule has 1 aromatic heterocycles. The van der Waals surface area contributed by atoms with E-state index >= 15 is 0 Å². The lowest BCUT2D eigenvalue weighted by Crippen LogP contribution is -2.52. The molecule has 4 atom stereocenters. The van der Waals surface area contributed by atoms with Crippen molar-refractivity contribution in [2.45, 2.75) is 63.7 Å². The molecule has 2 fully saturated rings. The summed E-state index contributed by atoms with van der Waals surface area (Å²) in [5, 5.41) is 4.84. The number of amides is 1. The largest absolute Gasteiger partial charge is 0.384 e. The van der Waals surface area contributed by atoms with Crippen LogP contribution < -0.4 is 5.32 Å². The fraction of sp³-hybridized carbons (Fsp3) is 0.625. The van der Waals surface area contributed by atoms with E-state index in [1.807, 2.05) is 18.2 Å². The van der Waals surface area contributed by atoms with E-state index in [2.05, 4.69) is 46.0 Å². The summed E-state index contributed by atoms with van der Waals surface area (Å²) in [5.41, 5.74) is 0.807. The first-order chi connectivity index (χ1) is 15.4. The molecule has 0 unspecified atom stereocenters. The Kier molecular flexibility index (Phi) is 7.17. The van der Waals surface area contributed by atoms with Gasteiger partial charge in [-0.05, 0) is 64.8 Å². The first-order valence-electron chi connectivity index (χ1n) is 11.6. The number of halogens is 1. The van der Waals surface area contributed by atoms with Crippen molar-refractivity contribution in [1.29, 1.82) is 0 Å². The Balaban J connectivity index is 1.48. The molecule has 4 rings (SSSR count). The van der Waals surface area contributed by atoms with E-state index in [0.717, 1.165) is 43.1 Å². The van der Waals surface area contributed by atoms with E-state index in [-0.39, 0.29) is 18.0 Å². The standard InChI is InChI=1S/C24H34ClN5O2/c1-15(2)29(3)18-6-8-22(16(11-18)13-32-4)30-10-9-21(24(30)31)28-23-19-12-17(25)5-7-20(19)26-14-27-23/h5,7,12,14-16,18,21-22H,6,8-11,13H2,1-4H3,(H,26,27,28)/t16-,18+,21-,22-/m0/s1. The lowest BCUT2D eigenvalue weighted by atomic mass is 9.80. The summed E-state index contributed by atoms with van der Waals surface area (Å²) in [5.74, 6) is 1.16. The number of hydrogen-bond acceptors (Lipinski definition) is 6. The predicted octanol–water partition coefficient (Wildman–Crippen LogP) is 3.82.